The minimum atomic E-state index is 0. The summed E-state index contributed by atoms with van der Waals surface area (Å²) >= 11 is 0. The molecule has 0 aromatic heterocycles. The molecule has 0 bridgehead atoms. The first-order chi connectivity index (χ1) is 26.8. The van der Waals surface area contributed by atoms with Crippen LogP contribution in [0.25, 0.3) is 10.8 Å². The summed E-state index contributed by atoms with van der Waals surface area (Å²) in [5.41, 5.74) is 2.64. The van der Waals surface area contributed by atoms with Gasteiger partial charge >= 0.3 is 0 Å². The number of aryl methyl sites for hydroxylation is 2. The number of benzene rings is 5. The maximum absolute atomic E-state index is 2.12. The molecule has 0 nitrogen and oxygen atoms in total. The predicted octanol–water partition coefficient (Wildman–Crippen LogP) is 21.7. The van der Waals surface area contributed by atoms with Crippen LogP contribution in [0.1, 0.15) is 177 Å². The van der Waals surface area contributed by atoms with Gasteiger partial charge in [-0.15, -0.1) is 0 Å². The van der Waals surface area contributed by atoms with E-state index in [1.54, 1.807) is 0 Å². The second-order valence-electron chi connectivity index (χ2n) is 6.81. The normalized spacial score (nSPS) is 6.00. The first kappa shape index (κ1) is 95.1. The van der Waals surface area contributed by atoms with Crippen LogP contribution in [-0.2, 0) is 32.7 Å². The van der Waals surface area contributed by atoms with E-state index < -0.39 is 0 Å². The molecule has 5 aromatic carbocycles. The van der Waals surface area contributed by atoms with E-state index in [-0.39, 0.29) is 47.6 Å². The van der Waals surface area contributed by atoms with Crippen molar-refractivity contribution in [2.24, 2.45) is 0 Å². The number of hydrogen-bond acceptors (Lipinski definition) is 0. The van der Waals surface area contributed by atoms with Crippen molar-refractivity contribution in [3.05, 3.63) is 172 Å². The Bertz CT molecular complexity index is 914. The molecular formula is C56H108Y-2. The molecule has 0 aliphatic carbocycles. The SMILES string of the molecule is CC.CC.CC.CC.CC.CC.CC.CC.CC.CC.CC.CC.Cc1ccccc1.Cc1ccccc1.[CH3-].[CH3-].[Y].c1ccc2ccccc2c1.c1ccccc1. The molecule has 0 unspecified atom stereocenters. The van der Waals surface area contributed by atoms with E-state index in [0.717, 1.165) is 0 Å². The molecule has 0 aliphatic rings. The van der Waals surface area contributed by atoms with Crippen molar-refractivity contribution in [3.8, 4) is 0 Å². The van der Waals surface area contributed by atoms with Crippen LogP contribution in [0.15, 0.2) is 146 Å². The topological polar surface area (TPSA) is 0 Å². The van der Waals surface area contributed by atoms with E-state index in [9.17, 15) is 0 Å². The third-order valence-corrected chi connectivity index (χ3v) is 4.21. The van der Waals surface area contributed by atoms with Crippen molar-refractivity contribution < 1.29 is 32.7 Å². The van der Waals surface area contributed by atoms with Crippen molar-refractivity contribution in [2.75, 3.05) is 0 Å². The van der Waals surface area contributed by atoms with Gasteiger partial charge in [0.15, 0.2) is 0 Å². The summed E-state index contributed by atoms with van der Waals surface area (Å²) in [6, 6.07) is 49.2. The number of fused-ring (bicyclic) bond motifs is 1. The van der Waals surface area contributed by atoms with Gasteiger partial charge in [-0.2, -0.15) is 0 Å². The average molecular weight is 870 g/mol. The van der Waals surface area contributed by atoms with Crippen molar-refractivity contribution in [3.63, 3.8) is 0 Å². The summed E-state index contributed by atoms with van der Waals surface area (Å²) in [6.45, 7) is 52.2. The van der Waals surface area contributed by atoms with Gasteiger partial charge in [0.1, 0.15) is 0 Å². The van der Waals surface area contributed by atoms with Crippen LogP contribution < -0.4 is 0 Å². The van der Waals surface area contributed by atoms with Gasteiger partial charge in [0.25, 0.3) is 0 Å². The van der Waals surface area contributed by atoms with Crippen LogP contribution in [0.2, 0.25) is 0 Å². The van der Waals surface area contributed by atoms with E-state index in [2.05, 4.69) is 86.6 Å². The van der Waals surface area contributed by atoms with E-state index in [4.69, 9.17) is 0 Å². The number of hydrogen-bond donors (Lipinski definition) is 0. The van der Waals surface area contributed by atoms with Gasteiger partial charge in [-0.05, 0) is 24.6 Å². The van der Waals surface area contributed by atoms with Gasteiger partial charge < -0.3 is 14.9 Å². The summed E-state index contributed by atoms with van der Waals surface area (Å²) in [5.74, 6) is 0. The molecule has 5 rings (SSSR count). The van der Waals surface area contributed by atoms with Crippen LogP contribution in [0.4, 0.5) is 0 Å². The Hall–Kier alpha value is -2.54. The van der Waals surface area contributed by atoms with Crippen LogP contribution in [0, 0.1) is 28.7 Å². The molecule has 5 aromatic rings. The summed E-state index contributed by atoms with van der Waals surface area (Å²) in [6.07, 6.45) is 0. The molecule has 0 atom stereocenters. The zero-order valence-electron chi connectivity index (χ0n) is 44.4. The minimum absolute atomic E-state index is 0. The molecule has 1 heteroatoms. The molecule has 0 saturated heterocycles. The second kappa shape index (κ2) is 131. The standard InChI is InChI=1S/C10H8.2C7H8.C6H6.12C2H6.2CH3.Y/c1-2-6-10-8-4-3-7-9(10)5-1;2*1-7-5-3-2-4-6-7;1-2-4-6-5-3-1;12*1-2;;;/h1-8H;2*2-6H,1H3;1-6H;12*1-2H3;2*1H3;/q;;;;;;;;;;;;;;;;2*-1;. The van der Waals surface area contributed by atoms with Crippen LogP contribution in [-0.4, -0.2) is 0 Å². The molecule has 1 radical (unpaired) electrons. The van der Waals surface area contributed by atoms with Gasteiger partial charge in [-0.3, -0.25) is 0 Å². The maximum atomic E-state index is 2.12. The van der Waals surface area contributed by atoms with E-state index in [0.29, 0.717) is 0 Å². The Morgan fingerprint density at radius 2 is 0.298 bits per heavy atom. The van der Waals surface area contributed by atoms with Gasteiger partial charge in [0.05, 0.1) is 0 Å². The zero-order chi connectivity index (χ0) is 45.3. The van der Waals surface area contributed by atoms with Crippen molar-refractivity contribution >= 4 is 10.8 Å². The van der Waals surface area contributed by atoms with Crippen LogP contribution in [0.5, 0.6) is 0 Å². The Balaban J connectivity index is -0.0000000305. The van der Waals surface area contributed by atoms with Crippen LogP contribution in [0.3, 0.4) is 0 Å². The molecule has 0 N–H and O–H groups in total. The predicted molar refractivity (Wildman–Crippen MR) is 282 cm³/mol. The molecular weight excluding hydrogens is 762 g/mol. The molecule has 337 valence electrons. The molecule has 0 amide bonds. The summed E-state index contributed by atoms with van der Waals surface area (Å²) in [5, 5.41) is 2.62. The Labute approximate surface area is 392 Å². The summed E-state index contributed by atoms with van der Waals surface area (Å²) in [4.78, 5) is 0. The Morgan fingerprint density at radius 1 is 0.193 bits per heavy atom. The molecule has 0 spiro atoms. The molecule has 0 saturated carbocycles. The van der Waals surface area contributed by atoms with Crippen molar-refractivity contribution in [1.29, 1.82) is 0 Å². The van der Waals surface area contributed by atoms with Gasteiger partial charge in [-0.1, -0.05) is 323 Å². The molecule has 0 aliphatic heterocycles. The second-order valence-corrected chi connectivity index (χ2v) is 6.81. The maximum Gasteiger partial charge on any atom is 0 e. The molecule has 57 heavy (non-hydrogen) atoms. The fourth-order valence-corrected chi connectivity index (χ4v) is 2.59. The third kappa shape index (κ3) is 101. The monoisotopic (exact) mass is 870 g/mol. The summed E-state index contributed by atoms with van der Waals surface area (Å²) < 4.78 is 0. The van der Waals surface area contributed by atoms with E-state index in [1.165, 1.54) is 21.9 Å². The first-order valence-electron chi connectivity index (χ1n) is 22.2. The Kier molecular flexibility index (Phi) is 219. The fourth-order valence-electron chi connectivity index (χ4n) is 2.59. The van der Waals surface area contributed by atoms with Crippen molar-refractivity contribution in [1.82, 2.24) is 0 Å². The van der Waals surface area contributed by atoms with Crippen molar-refractivity contribution in [2.45, 2.75) is 180 Å². The molecule has 0 heterocycles. The summed E-state index contributed by atoms with van der Waals surface area (Å²) in [7, 11) is 0. The van der Waals surface area contributed by atoms with E-state index >= 15 is 0 Å². The third-order valence-electron chi connectivity index (χ3n) is 4.21. The zero-order valence-corrected chi connectivity index (χ0v) is 47.3. The minimum Gasteiger partial charge on any atom is -0.358 e. The van der Waals surface area contributed by atoms with Gasteiger partial charge in [0, 0.05) is 32.7 Å². The quantitative estimate of drug-likeness (QED) is 0.136. The molecule has 0 fully saturated rings. The van der Waals surface area contributed by atoms with E-state index in [1.807, 2.05) is 239 Å². The Morgan fingerprint density at radius 3 is 0.404 bits per heavy atom. The van der Waals surface area contributed by atoms with Crippen LogP contribution >= 0.6 is 0 Å². The average Bonchev–Trinajstić information content (AvgIpc) is 3.33. The van der Waals surface area contributed by atoms with Gasteiger partial charge in [0.2, 0.25) is 0 Å². The first-order valence-corrected chi connectivity index (χ1v) is 22.2. The number of rotatable bonds is 0. The smallest absolute Gasteiger partial charge is 0 e. The van der Waals surface area contributed by atoms with Gasteiger partial charge in [-0.25, -0.2) is 0 Å². The fraction of sp³-hybridized carbons (Fsp3) is 0.464. The largest absolute Gasteiger partial charge is 0.358 e.